The molecule has 0 aliphatic heterocycles. The number of rotatable bonds is 9. The molecule has 3 heterocycles. The number of hydrogen-bond donors (Lipinski definition) is 2. The van der Waals surface area contributed by atoms with E-state index >= 15 is 0 Å². The summed E-state index contributed by atoms with van der Waals surface area (Å²) in [5.41, 5.74) is 9.51. The Hall–Kier alpha value is -2.43. The molecule has 3 aromatic heterocycles. The lowest BCUT2D eigenvalue weighted by molar-refractivity contribution is -0.113. The maximum absolute atomic E-state index is 12.8. The van der Waals surface area contributed by atoms with Crippen LogP contribution >= 0.6 is 34.4 Å². The van der Waals surface area contributed by atoms with Crippen LogP contribution < -0.4 is 11.1 Å². The first-order chi connectivity index (χ1) is 16.3. The van der Waals surface area contributed by atoms with E-state index in [1.165, 1.54) is 33.5 Å². The molecule has 7 nitrogen and oxygen atoms in total. The van der Waals surface area contributed by atoms with Gasteiger partial charge in [-0.1, -0.05) is 31.7 Å². The van der Waals surface area contributed by atoms with E-state index in [-0.39, 0.29) is 11.7 Å². The van der Waals surface area contributed by atoms with Gasteiger partial charge in [-0.15, -0.1) is 39.4 Å². The highest BCUT2D eigenvalue weighted by molar-refractivity contribution is 7.99. The third kappa shape index (κ3) is 4.85. The largest absolute Gasteiger partial charge is 0.365 e. The Morgan fingerprint density at radius 1 is 1.41 bits per heavy atom. The van der Waals surface area contributed by atoms with Crippen molar-refractivity contribution in [2.75, 3.05) is 11.1 Å². The molecule has 0 bridgehead atoms. The average Bonchev–Trinajstić information content (AvgIpc) is 3.46. The smallest absolute Gasteiger partial charge is 0.251 e. The van der Waals surface area contributed by atoms with Crippen molar-refractivity contribution < 1.29 is 9.59 Å². The number of carbonyl (C=O) groups is 2. The van der Waals surface area contributed by atoms with Gasteiger partial charge < -0.3 is 11.1 Å². The summed E-state index contributed by atoms with van der Waals surface area (Å²) in [7, 11) is 0. The highest BCUT2D eigenvalue weighted by Crippen LogP contribution is 2.39. The van der Waals surface area contributed by atoms with E-state index in [2.05, 4.69) is 48.2 Å². The molecule has 1 aliphatic rings. The van der Waals surface area contributed by atoms with Crippen molar-refractivity contribution in [2.45, 2.75) is 58.2 Å². The van der Waals surface area contributed by atoms with Crippen LogP contribution in [0.1, 0.15) is 51.5 Å². The van der Waals surface area contributed by atoms with Gasteiger partial charge in [0.1, 0.15) is 5.00 Å². The number of aromatic nitrogens is 3. The number of hydrogen-bond acceptors (Lipinski definition) is 7. The molecule has 0 aromatic carbocycles. The second-order valence-electron chi connectivity index (χ2n) is 8.50. The maximum atomic E-state index is 12.8. The monoisotopic (exact) mass is 515 g/mol. The summed E-state index contributed by atoms with van der Waals surface area (Å²) in [6, 6.07) is 0. The van der Waals surface area contributed by atoms with E-state index in [4.69, 9.17) is 5.73 Å². The lowest BCUT2D eigenvalue weighted by Gasteiger charge is -2.18. The van der Waals surface area contributed by atoms with Gasteiger partial charge in [0.15, 0.2) is 11.0 Å². The molecular formula is C24H29N5O2S3. The number of anilines is 1. The summed E-state index contributed by atoms with van der Waals surface area (Å²) in [5, 5.41) is 15.1. The molecule has 1 unspecified atom stereocenters. The molecule has 0 saturated heterocycles. The van der Waals surface area contributed by atoms with Crippen LogP contribution in [0, 0.1) is 12.8 Å². The molecule has 0 spiro atoms. The van der Waals surface area contributed by atoms with Crippen LogP contribution in [-0.4, -0.2) is 32.3 Å². The van der Waals surface area contributed by atoms with Crippen LogP contribution in [0.3, 0.4) is 0 Å². The third-order valence-electron chi connectivity index (χ3n) is 6.07. The number of nitrogens with two attached hydrogens (primary N) is 1. The molecule has 0 fully saturated rings. The summed E-state index contributed by atoms with van der Waals surface area (Å²) < 4.78 is 1.99. The summed E-state index contributed by atoms with van der Waals surface area (Å²) in [6.07, 6.45) is 5.49. The fourth-order valence-electron chi connectivity index (χ4n) is 4.39. The predicted molar refractivity (Wildman–Crippen MR) is 141 cm³/mol. The molecule has 0 saturated carbocycles. The van der Waals surface area contributed by atoms with Crippen molar-refractivity contribution in [1.29, 1.82) is 0 Å². The molecule has 180 valence electrons. The first-order valence-corrected chi connectivity index (χ1v) is 14.0. The fraction of sp³-hybridized carbons (Fsp3) is 0.417. The molecule has 4 rings (SSSR count). The van der Waals surface area contributed by atoms with Crippen LogP contribution in [0.5, 0.6) is 0 Å². The molecule has 1 aliphatic carbocycles. The number of fused-ring (bicyclic) bond motifs is 1. The zero-order valence-corrected chi connectivity index (χ0v) is 22.1. The van der Waals surface area contributed by atoms with Gasteiger partial charge in [-0.2, -0.15) is 0 Å². The van der Waals surface area contributed by atoms with Crippen molar-refractivity contribution in [1.82, 2.24) is 14.8 Å². The standard InChI is InChI=1S/C24H29N5O2S3/c1-5-9-29-22(17-11-32-14(4)15(17)6-2)27-28-24(29)33-12-19(30)26-23-20(21(25)31)16-8-7-13(3)10-18(16)34-23/h5,11,13H,1,6-10,12H2,2-4H3,(H2,25,31)(H,26,30). The van der Waals surface area contributed by atoms with E-state index in [1.54, 1.807) is 17.4 Å². The average molecular weight is 516 g/mol. The summed E-state index contributed by atoms with van der Waals surface area (Å²) in [5.74, 6) is 0.824. The molecule has 3 N–H and O–H groups in total. The van der Waals surface area contributed by atoms with Gasteiger partial charge in [-0.05, 0) is 49.7 Å². The third-order valence-corrected chi connectivity index (χ3v) is 9.16. The van der Waals surface area contributed by atoms with Crippen molar-refractivity contribution in [3.05, 3.63) is 44.5 Å². The van der Waals surface area contributed by atoms with Crippen molar-refractivity contribution in [2.24, 2.45) is 11.7 Å². The fourth-order valence-corrected chi connectivity index (χ4v) is 7.51. The number of amides is 2. The molecule has 0 radical (unpaired) electrons. The zero-order chi connectivity index (χ0) is 24.4. The first-order valence-electron chi connectivity index (χ1n) is 11.3. The van der Waals surface area contributed by atoms with Crippen molar-refractivity contribution >= 4 is 51.3 Å². The topological polar surface area (TPSA) is 103 Å². The molecule has 2 amide bonds. The number of carbonyl (C=O) groups excluding carboxylic acids is 2. The van der Waals surface area contributed by atoms with Gasteiger partial charge >= 0.3 is 0 Å². The molecule has 34 heavy (non-hydrogen) atoms. The normalized spacial score (nSPS) is 15.2. The first kappa shape index (κ1) is 24.7. The van der Waals surface area contributed by atoms with E-state index in [9.17, 15) is 9.59 Å². The van der Waals surface area contributed by atoms with Crippen LogP contribution in [0.2, 0.25) is 0 Å². The van der Waals surface area contributed by atoms with Gasteiger partial charge in [-0.25, -0.2) is 0 Å². The minimum atomic E-state index is -0.483. The number of nitrogens with zero attached hydrogens (tertiary/aromatic N) is 3. The minimum Gasteiger partial charge on any atom is -0.365 e. The second kappa shape index (κ2) is 10.5. The molecule has 10 heteroatoms. The highest BCUT2D eigenvalue weighted by atomic mass is 32.2. The van der Waals surface area contributed by atoms with Crippen molar-refractivity contribution in [3.8, 4) is 11.4 Å². The van der Waals surface area contributed by atoms with Crippen molar-refractivity contribution in [3.63, 3.8) is 0 Å². The molecule has 3 aromatic rings. The Labute approximate surface area is 211 Å². The molecule has 1 atom stereocenters. The summed E-state index contributed by atoms with van der Waals surface area (Å²) >= 11 is 4.50. The maximum Gasteiger partial charge on any atom is 0.251 e. The van der Waals surface area contributed by atoms with E-state index in [1.807, 2.05) is 4.57 Å². The van der Waals surface area contributed by atoms with Crippen LogP contribution in [0.4, 0.5) is 5.00 Å². The van der Waals surface area contributed by atoms with Gasteiger partial charge in [-0.3, -0.25) is 14.2 Å². The highest BCUT2D eigenvalue weighted by Gasteiger charge is 2.27. The second-order valence-corrected chi connectivity index (χ2v) is 11.6. The van der Waals surface area contributed by atoms with Crippen LogP contribution in [-0.2, 0) is 30.6 Å². The lowest BCUT2D eigenvalue weighted by atomic mass is 9.88. The van der Waals surface area contributed by atoms with Crippen LogP contribution in [0.15, 0.2) is 23.2 Å². The Balaban J connectivity index is 1.51. The number of thioether (sulfide) groups is 1. The Bertz CT molecular complexity index is 1240. The van der Waals surface area contributed by atoms with E-state index in [0.717, 1.165) is 47.5 Å². The minimum absolute atomic E-state index is 0.149. The predicted octanol–water partition coefficient (Wildman–Crippen LogP) is 5.08. The van der Waals surface area contributed by atoms with Crippen LogP contribution in [0.25, 0.3) is 11.4 Å². The number of allylic oxidation sites excluding steroid dienone is 1. The van der Waals surface area contributed by atoms with Gasteiger partial charge in [0.05, 0.1) is 11.3 Å². The SMILES string of the molecule is C=CCn1c(SCC(=O)Nc2sc3c(c2C(N)=O)CCC(C)C3)nnc1-c1csc(C)c1CC. The van der Waals surface area contributed by atoms with Gasteiger partial charge in [0, 0.05) is 27.2 Å². The van der Waals surface area contributed by atoms with Gasteiger partial charge in [0.25, 0.3) is 5.91 Å². The quantitative estimate of drug-likeness (QED) is 0.306. The molecular weight excluding hydrogens is 486 g/mol. The Kier molecular flexibility index (Phi) is 7.59. The Morgan fingerprint density at radius 3 is 2.91 bits per heavy atom. The summed E-state index contributed by atoms with van der Waals surface area (Å²) in [4.78, 5) is 27.4. The van der Waals surface area contributed by atoms with Gasteiger partial charge in [0.2, 0.25) is 5.91 Å². The Morgan fingerprint density at radius 2 is 2.21 bits per heavy atom. The van der Waals surface area contributed by atoms with E-state index in [0.29, 0.717) is 28.2 Å². The lowest BCUT2D eigenvalue weighted by Crippen LogP contribution is -2.20. The van der Waals surface area contributed by atoms with E-state index < -0.39 is 5.91 Å². The summed E-state index contributed by atoms with van der Waals surface area (Å²) in [6.45, 7) is 10.9. The number of primary amides is 1. The number of aryl methyl sites for hydroxylation is 1. The number of nitrogens with one attached hydrogen (secondary N) is 1. The zero-order valence-electron chi connectivity index (χ0n) is 19.6. The number of thiophene rings is 2.